The summed E-state index contributed by atoms with van der Waals surface area (Å²) in [6.07, 6.45) is 4.43. The lowest BCUT2D eigenvalue weighted by atomic mass is 9.73. The van der Waals surface area contributed by atoms with Gasteiger partial charge in [-0.2, -0.15) is 0 Å². The lowest BCUT2D eigenvalue weighted by molar-refractivity contribution is -0.114. The molecule has 2 rings (SSSR count). The highest BCUT2D eigenvalue weighted by Crippen LogP contribution is 2.34. The van der Waals surface area contributed by atoms with Crippen molar-refractivity contribution in [3.05, 3.63) is 35.9 Å². The Morgan fingerprint density at radius 3 is 2.54 bits per heavy atom. The van der Waals surface area contributed by atoms with Crippen molar-refractivity contribution in [1.29, 1.82) is 0 Å². The minimum atomic E-state index is 0.355. The molecule has 0 aromatic heterocycles. The molecule has 0 amide bonds. The maximum Gasteiger partial charge on any atom is 0.123 e. The Morgan fingerprint density at radius 2 is 1.92 bits per heavy atom. The first-order valence-electron chi connectivity index (χ1n) is 4.87. The van der Waals surface area contributed by atoms with Gasteiger partial charge in [-0.15, -0.1) is 0 Å². The fourth-order valence-corrected chi connectivity index (χ4v) is 2.01. The Bertz CT molecular complexity index is 272. The second-order valence-corrected chi connectivity index (χ2v) is 3.92. The van der Waals surface area contributed by atoms with E-state index in [9.17, 15) is 4.79 Å². The molecule has 1 aromatic carbocycles. The fraction of sp³-hybridized carbons (Fsp3) is 0.417. The third kappa shape index (κ3) is 1.97. The fourth-order valence-electron chi connectivity index (χ4n) is 2.01. The largest absolute Gasteiger partial charge is 0.303 e. The van der Waals surface area contributed by atoms with E-state index in [1.165, 1.54) is 5.56 Å². The van der Waals surface area contributed by atoms with Crippen LogP contribution in [-0.2, 0) is 11.2 Å². The average molecular weight is 174 g/mol. The number of benzene rings is 1. The first-order chi connectivity index (χ1) is 6.38. The highest BCUT2D eigenvalue weighted by molar-refractivity contribution is 5.55. The molecule has 1 aliphatic carbocycles. The average Bonchev–Trinajstić information content (AvgIpc) is 2.12. The van der Waals surface area contributed by atoms with Gasteiger partial charge in [0, 0.05) is 5.92 Å². The van der Waals surface area contributed by atoms with Gasteiger partial charge in [0.1, 0.15) is 6.29 Å². The molecule has 0 N–H and O–H groups in total. The van der Waals surface area contributed by atoms with Crippen molar-refractivity contribution in [2.24, 2.45) is 11.8 Å². The molecule has 1 saturated carbocycles. The Hall–Kier alpha value is -1.11. The molecule has 0 aliphatic heterocycles. The van der Waals surface area contributed by atoms with Gasteiger partial charge in [0.05, 0.1) is 0 Å². The summed E-state index contributed by atoms with van der Waals surface area (Å²) in [6, 6.07) is 10.5. The molecule has 0 heterocycles. The van der Waals surface area contributed by atoms with Crippen LogP contribution in [0.2, 0.25) is 0 Å². The quantitative estimate of drug-likeness (QED) is 0.643. The van der Waals surface area contributed by atoms with Crippen molar-refractivity contribution >= 4 is 6.29 Å². The lowest BCUT2D eigenvalue weighted by Gasteiger charge is -2.31. The van der Waals surface area contributed by atoms with Gasteiger partial charge in [-0.05, 0) is 30.7 Å². The van der Waals surface area contributed by atoms with Crippen LogP contribution in [0.1, 0.15) is 18.4 Å². The summed E-state index contributed by atoms with van der Waals surface area (Å²) in [5.41, 5.74) is 1.40. The molecule has 1 aliphatic rings. The molecule has 0 radical (unpaired) electrons. The minimum absolute atomic E-state index is 0.355. The van der Waals surface area contributed by atoms with Crippen molar-refractivity contribution in [3.8, 4) is 0 Å². The van der Waals surface area contributed by atoms with E-state index in [1.807, 2.05) is 6.07 Å². The van der Waals surface area contributed by atoms with Gasteiger partial charge >= 0.3 is 0 Å². The predicted molar refractivity (Wildman–Crippen MR) is 52.4 cm³/mol. The Kier molecular flexibility index (Phi) is 2.44. The number of carbonyl (C=O) groups is 1. The standard InChI is InChI=1S/C12H14O/c13-9-12-7-11(8-12)6-10-4-2-1-3-5-10/h1-5,9,11-12H,6-8H2. The summed E-state index contributed by atoms with van der Waals surface area (Å²) in [5, 5.41) is 0. The maximum atomic E-state index is 10.4. The molecule has 0 spiro atoms. The van der Waals surface area contributed by atoms with Crippen LogP contribution in [0.3, 0.4) is 0 Å². The van der Waals surface area contributed by atoms with Crippen LogP contribution < -0.4 is 0 Å². The van der Waals surface area contributed by atoms with Gasteiger partial charge in [0.25, 0.3) is 0 Å². The first kappa shape index (κ1) is 8.49. The van der Waals surface area contributed by atoms with Crippen molar-refractivity contribution in [1.82, 2.24) is 0 Å². The minimum Gasteiger partial charge on any atom is -0.303 e. The van der Waals surface area contributed by atoms with Gasteiger partial charge in [0.2, 0.25) is 0 Å². The number of hydrogen-bond acceptors (Lipinski definition) is 1. The van der Waals surface area contributed by atoms with Crippen molar-refractivity contribution < 1.29 is 4.79 Å². The normalized spacial score (nSPS) is 26.5. The zero-order chi connectivity index (χ0) is 9.10. The van der Waals surface area contributed by atoms with E-state index in [0.29, 0.717) is 5.92 Å². The van der Waals surface area contributed by atoms with Gasteiger partial charge in [-0.3, -0.25) is 0 Å². The predicted octanol–water partition coefficient (Wildman–Crippen LogP) is 2.45. The number of aldehydes is 1. The highest BCUT2D eigenvalue weighted by Gasteiger charge is 2.28. The second-order valence-electron chi connectivity index (χ2n) is 3.92. The molecule has 1 fully saturated rings. The van der Waals surface area contributed by atoms with E-state index >= 15 is 0 Å². The number of carbonyl (C=O) groups excluding carboxylic acids is 1. The molecular weight excluding hydrogens is 160 g/mol. The third-order valence-electron chi connectivity index (χ3n) is 2.83. The summed E-state index contributed by atoms with van der Waals surface area (Å²) < 4.78 is 0. The van der Waals surface area contributed by atoms with E-state index in [-0.39, 0.29) is 0 Å². The lowest BCUT2D eigenvalue weighted by Crippen LogP contribution is -2.26. The summed E-state index contributed by atoms with van der Waals surface area (Å²) >= 11 is 0. The molecule has 0 saturated heterocycles. The molecule has 0 bridgehead atoms. The summed E-state index contributed by atoms with van der Waals surface area (Å²) in [6.45, 7) is 0. The van der Waals surface area contributed by atoms with Crippen LogP contribution in [0, 0.1) is 11.8 Å². The van der Waals surface area contributed by atoms with E-state index in [1.54, 1.807) is 0 Å². The molecular formula is C12H14O. The topological polar surface area (TPSA) is 17.1 Å². The molecule has 1 nitrogen and oxygen atoms in total. The van der Waals surface area contributed by atoms with Crippen molar-refractivity contribution in [2.45, 2.75) is 19.3 Å². The molecule has 13 heavy (non-hydrogen) atoms. The Labute approximate surface area is 78.8 Å². The Morgan fingerprint density at radius 1 is 1.23 bits per heavy atom. The number of rotatable bonds is 3. The van der Waals surface area contributed by atoms with Crippen LogP contribution in [0.5, 0.6) is 0 Å². The molecule has 1 heteroatoms. The summed E-state index contributed by atoms with van der Waals surface area (Å²) in [5.74, 6) is 1.10. The first-order valence-corrected chi connectivity index (χ1v) is 4.87. The van der Waals surface area contributed by atoms with E-state index < -0.39 is 0 Å². The van der Waals surface area contributed by atoms with Crippen LogP contribution >= 0.6 is 0 Å². The van der Waals surface area contributed by atoms with Crippen molar-refractivity contribution in [2.75, 3.05) is 0 Å². The van der Waals surface area contributed by atoms with Crippen LogP contribution in [-0.4, -0.2) is 6.29 Å². The van der Waals surface area contributed by atoms with Gasteiger partial charge in [-0.25, -0.2) is 0 Å². The maximum absolute atomic E-state index is 10.4. The van der Waals surface area contributed by atoms with Gasteiger partial charge in [-0.1, -0.05) is 30.3 Å². The van der Waals surface area contributed by atoms with E-state index in [4.69, 9.17) is 0 Å². The summed E-state index contributed by atoms with van der Waals surface area (Å²) in [4.78, 5) is 10.4. The van der Waals surface area contributed by atoms with Crippen LogP contribution in [0.15, 0.2) is 30.3 Å². The third-order valence-corrected chi connectivity index (χ3v) is 2.83. The second kappa shape index (κ2) is 3.73. The van der Waals surface area contributed by atoms with E-state index in [0.717, 1.165) is 31.5 Å². The van der Waals surface area contributed by atoms with Crippen LogP contribution in [0.25, 0.3) is 0 Å². The van der Waals surface area contributed by atoms with Crippen molar-refractivity contribution in [3.63, 3.8) is 0 Å². The summed E-state index contributed by atoms with van der Waals surface area (Å²) in [7, 11) is 0. The zero-order valence-electron chi connectivity index (χ0n) is 7.65. The molecule has 0 atom stereocenters. The number of hydrogen-bond donors (Lipinski definition) is 0. The van der Waals surface area contributed by atoms with E-state index in [2.05, 4.69) is 24.3 Å². The van der Waals surface area contributed by atoms with Gasteiger partial charge in [0.15, 0.2) is 0 Å². The highest BCUT2D eigenvalue weighted by atomic mass is 16.1. The monoisotopic (exact) mass is 174 g/mol. The van der Waals surface area contributed by atoms with Gasteiger partial charge < -0.3 is 4.79 Å². The SMILES string of the molecule is O=CC1CC(Cc2ccccc2)C1. The molecule has 0 unspecified atom stereocenters. The smallest absolute Gasteiger partial charge is 0.123 e. The molecule has 68 valence electrons. The van der Waals surface area contributed by atoms with Crippen LogP contribution in [0.4, 0.5) is 0 Å². The zero-order valence-corrected chi connectivity index (χ0v) is 7.65. The molecule has 1 aromatic rings. The Balaban J connectivity index is 1.84.